The van der Waals surface area contributed by atoms with E-state index in [9.17, 15) is 9.18 Å². The SMILES string of the molecule is C=CCn1c(CSCc2ccc(F)cc2)nnc1SCC(=O)Nc1ccccc1C. The number of aryl methyl sites for hydroxylation is 1. The highest BCUT2D eigenvalue weighted by atomic mass is 32.2. The zero-order valence-electron chi connectivity index (χ0n) is 16.7. The Morgan fingerprint density at radius 1 is 1.17 bits per heavy atom. The third kappa shape index (κ3) is 6.21. The van der Waals surface area contributed by atoms with E-state index in [-0.39, 0.29) is 17.5 Å². The number of carbonyl (C=O) groups is 1. The molecule has 0 bridgehead atoms. The normalized spacial score (nSPS) is 10.7. The Morgan fingerprint density at radius 2 is 1.93 bits per heavy atom. The number of allylic oxidation sites excluding steroid dienone is 1. The molecule has 2 aromatic carbocycles. The Morgan fingerprint density at radius 3 is 2.67 bits per heavy atom. The molecule has 0 radical (unpaired) electrons. The highest BCUT2D eigenvalue weighted by Gasteiger charge is 2.14. The molecule has 8 heteroatoms. The summed E-state index contributed by atoms with van der Waals surface area (Å²) in [5.74, 6) is 2.16. The van der Waals surface area contributed by atoms with E-state index in [0.29, 0.717) is 17.5 Å². The van der Waals surface area contributed by atoms with Gasteiger partial charge in [0.15, 0.2) is 5.16 Å². The minimum Gasteiger partial charge on any atom is -0.325 e. The third-order valence-corrected chi connectivity index (χ3v) is 6.24. The van der Waals surface area contributed by atoms with Gasteiger partial charge in [0.25, 0.3) is 0 Å². The molecule has 0 saturated carbocycles. The fourth-order valence-electron chi connectivity index (χ4n) is 2.72. The van der Waals surface area contributed by atoms with Gasteiger partial charge in [-0.3, -0.25) is 4.79 Å². The minimum atomic E-state index is -0.234. The van der Waals surface area contributed by atoms with Crippen LogP contribution in [-0.2, 0) is 22.8 Å². The van der Waals surface area contributed by atoms with Crippen molar-refractivity contribution in [3.05, 3.63) is 84.0 Å². The quantitative estimate of drug-likeness (QED) is 0.351. The summed E-state index contributed by atoms with van der Waals surface area (Å²) in [5, 5.41) is 12.2. The van der Waals surface area contributed by atoms with Gasteiger partial charge in [-0.2, -0.15) is 0 Å². The van der Waals surface area contributed by atoms with Crippen molar-refractivity contribution in [2.24, 2.45) is 0 Å². The van der Waals surface area contributed by atoms with Crippen LogP contribution in [-0.4, -0.2) is 26.4 Å². The molecule has 1 N–H and O–H groups in total. The van der Waals surface area contributed by atoms with E-state index < -0.39 is 0 Å². The number of anilines is 1. The van der Waals surface area contributed by atoms with Crippen LogP contribution in [0.2, 0.25) is 0 Å². The number of nitrogens with zero attached hydrogens (tertiary/aromatic N) is 3. The number of amides is 1. The maximum absolute atomic E-state index is 13.0. The van der Waals surface area contributed by atoms with Crippen molar-refractivity contribution in [2.45, 2.75) is 30.1 Å². The second kappa shape index (κ2) is 11.0. The molecule has 1 aromatic heterocycles. The summed E-state index contributed by atoms with van der Waals surface area (Å²) in [4.78, 5) is 12.3. The Hall–Kier alpha value is -2.58. The lowest BCUT2D eigenvalue weighted by Gasteiger charge is -2.09. The van der Waals surface area contributed by atoms with Crippen LogP contribution in [0, 0.1) is 12.7 Å². The summed E-state index contributed by atoms with van der Waals surface area (Å²) in [6, 6.07) is 14.2. The zero-order chi connectivity index (χ0) is 21.3. The second-order valence-electron chi connectivity index (χ2n) is 6.57. The predicted molar refractivity (Wildman–Crippen MR) is 122 cm³/mol. The van der Waals surface area contributed by atoms with Gasteiger partial charge in [-0.05, 0) is 36.2 Å². The Bertz CT molecular complexity index is 1000. The van der Waals surface area contributed by atoms with Gasteiger partial charge in [0.1, 0.15) is 11.6 Å². The number of halogens is 1. The first-order chi connectivity index (χ1) is 14.6. The highest BCUT2D eigenvalue weighted by molar-refractivity contribution is 7.99. The molecule has 3 rings (SSSR count). The molecule has 1 heterocycles. The summed E-state index contributed by atoms with van der Waals surface area (Å²) in [6.45, 7) is 6.34. The molecular weight excluding hydrogens is 419 g/mol. The molecule has 3 aromatic rings. The van der Waals surface area contributed by atoms with Crippen LogP contribution in [0.4, 0.5) is 10.1 Å². The first-order valence-electron chi connectivity index (χ1n) is 9.40. The number of rotatable bonds is 10. The fraction of sp³-hybridized carbons (Fsp3) is 0.227. The monoisotopic (exact) mass is 442 g/mol. The van der Waals surface area contributed by atoms with E-state index >= 15 is 0 Å². The maximum atomic E-state index is 13.0. The average Bonchev–Trinajstić information content (AvgIpc) is 3.12. The molecule has 0 unspecified atom stereocenters. The number of para-hydroxylation sites is 1. The van der Waals surface area contributed by atoms with Crippen LogP contribution < -0.4 is 5.32 Å². The molecule has 0 atom stereocenters. The topological polar surface area (TPSA) is 59.8 Å². The van der Waals surface area contributed by atoms with E-state index in [4.69, 9.17) is 0 Å². The smallest absolute Gasteiger partial charge is 0.234 e. The second-order valence-corrected chi connectivity index (χ2v) is 8.50. The molecule has 0 aliphatic rings. The van der Waals surface area contributed by atoms with Crippen LogP contribution in [0.5, 0.6) is 0 Å². The van der Waals surface area contributed by atoms with Crippen LogP contribution in [0.1, 0.15) is 17.0 Å². The number of nitrogens with one attached hydrogen (secondary N) is 1. The lowest BCUT2D eigenvalue weighted by Crippen LogP contribution is -2.15. The van der Waals surface area contributed by atoms with Crippen LogP contribution >= 0.6 is 23.5 Å². The average molecular weight is 443 g/mol. The van der Waals surface area contributed by atoms with Gasteiger partial charge in [-0.1, -0.05) is 48.2 Å². The molecule has 156 valence electrons. The van der Waals surface area contributed by atoms with Crippen molar-refractivity contribution in [3.8, 4) is 0 Å². The van der Waals surface area contributed by atoms with Crippen LogP contribution in [0.15, 0.2) is 66.3 Å². The van der Waals surface area contributed by atoms with Crippen molar-refractivity contribution in [1.29, 1.82) is 0 Å². The molecule has 0 saturated heterocycles. The molecule has 0 aliphatic carbocycles. The number of hydrogen-bond donors (Lipinski definition) is 1. The van der Waals surface area contributed by atoms with Gasteiger partial charge in [0.2, 0.25) is 5.91 Å². The van der Waals surface area contributed by atoms with E-state index in [0.717, 1.165) is 28.4 Å². The number of benzene rings is 2. The Balaban J connectivity index is 1.56. The molecular formula is C22H23FN4OS2. The van der Waals surface area contributed by atoms with Crippen molar-refractivity contribution in [1.82, 2.24) is 14.8 Å². The molecule has 0 spiro atoms. The number of thioether (sulfide) groups is 2. The first-order valence-corrected chi connectivity index (χ1v) is 11.5. The van der Waals surface area contributed by atoms with Gasteiger partial charge >= 0.3 is 0 Å². The lowest BCUT2D eigenvalue weighted by molar-refractivity contribution is -0.113. The van der Waals surface area contributed by atoms with Crippen LogP contribution in [0.3, 0.4) is 0 Å². The number of hydrogen-bond acceptors (Lipinski definition) is 5. The summed E-state index contributed by atoms with van der Waals surface area (Å²) in [7, 11) is 0. The fourth-order valence-corrected chi connectivity index (χ4v) is 4.41. The van der Waals surface area contributed by atoms with Crippen molar-refractivity contribution in [2.75, 3.05) is 11.1 Å². The Labute approximate surface area is 184 Å². The van der Waals surface area contributed by atoms with Crippen LogP contribution in [0.25, 0.3) is 0 Å². The van der Waals surface area contributed by atoms with Gasteiger partial charge in [-0.25, -0.2) is 4.39 Å². The third-order valence-electron chi connectivity index (χ3n) is 4.27. The van der Waals surface area contributed by atoms with Gasteiger partial charge in [0, 0.05) is 18.0 Å². The van der Waals surface area contributed by atoms with Gasteiger partial charge < -0.3 is 9.88 Å². The first kappa shape index (κ1) is 22.1. The largest absolute Gasteiger partial charge is 0.325 e. The zero-order valence-corrected chi connectivity index (χ0v) is 18.3. The molecule has 5 nitrogen and oxygen atoms in total. The molecule has 1 amide bonds. The lowest BCUT2D eigenvalue weighted by atomic mass is 10.2. The van der Waals surface area contributed by atoms with Crippen molar-refractivity contribution >= 4 is 35.1 Å². The number of carbonyl (C=O) groups excluding carboxylic acids is 1. The maximum Gasteiger partial charge on any atom is 0.234 e. The Kier molecular flexibility index (Phi) is 8.10. The molecule has 30 heavy (non-hydrogen) atoms. The van der Waals surface area contributed by atoms with Gasteiger partial charge in [-0.15, -0.1) is 28.5 Å². The van der Waals surface area contributed by atoms with E-state index in [1.807, 2.05) is 35.8 Å². The molecule has 0 fully saturated rings. The summed E-state index contributed by atoms with van der Waals surface area (Å²) < 4.78 is 15.0. The van der Waals surface area contributed by atoms with Crippen molar-refractivity contribution < 1.29 is 9.18 Å². The summed E-state index contributed by atoms with van der Waals surface area (Å²) >= 11 is 3.03. The predicted octanol–water partition coefficient (Wildman–Crippen LogP) is 5.08. The van der Waals surface area contributed by atoms with E-state index in [1.165, 1.54) is 23.9 Å². The summed E-state index contributed by atoms with van der Waals surface area (Å²) in [6.07, 6.45) is 1.79. The molecule has 0 aliphatic heterocycles. The van der Waals surface area contributed by atoms with E-state index in [2.05, 4.69) is 22.1 Å². The van der Waals surface area contributed by atoms with Crippen molar-refractivity contribution in [3.63, 3.8) is 0 Å². The number of aromatic nitrogens is 3. The standard InChI is InChI=1S/C22H23FN4OS2/c1-3-12-27-20(14-29-13-17-8-10-18(23)11-9-17)25-26-22(27)30-15-21(28)24-19-7-5-4-6-16(19)2/h3-11H,1,12-15H2,2H3,(H,24,28). The van der Waals surface area contributed by atoms with E-state index in [1.54, 1.807) is 30.0 Å². The minimum absolute atomic E-state index is 0.0883. The summed E-state index contributed by atoms with van der Waals surface area (Å²) in [5.41, 5.74) is 2.89. The van der Waals surface area contributed by atoms with Gasteiger partial charge in [0.05, 0.1) is 11.5 Å². The highest BCUT2D eigenvalue weighted by Crippen LogP contribution is 2.22.